The quantitative estimate of drug-likeness (QED) is 0.670. The van der Waals surface area contributed by atoms with Crippen LogP contribution in [0.3, 0.4) is 0 Å². The zero-order valence-electron chi connectivity index (χ0n) is 19.1. The highest BCUT2D eigenvalue weighted by atomic mass is 32.2. The van der Waals surface area contributed by atoms with Gasteiger partial charge in [-0.1, -0.05) is 18.2 Å². The van der Waals surface area contributed by atoms with Crippen molar-refractivity contribution >= 4 is 27.5 Å². The van der Waals surface area contributed by atoms with Crippen molar-refractivity contribution in [2.45, 2.75) is 17.7 Å². The Kier molecular flexibility index (Phi) is 7.50. The second kappa shape index (κ2) is 10.5. The van der Waals surface area contributed by atoms with Crippen LogP contribution >= 0.6 is 0 Å². The molecule has 0 aliphatic carbocycles. The molecule has 0 aromatic heterocycles. The maximum Gasteiger partial charge on any atom is 0.253 e. The number of hydrogen-bond donors (Lipinski definition) is 1. The summed E-state index contributed by atoms with van der Waals surface area (Å²) < 4.78 is 38.3. The van der Waals surface area contributed by atoms with Crippen molar-refractivity contribution in [1.82, 2.24) is 9.21 Å². The Labute approximate surface area is 199 Å². The highest BCUT2D eigenvalue weighted by Gasteiger charge is 2.32. The molecule has 10 heteroatoms. The predicted octanol–water partition coefficient (Wildman–Crippen LogP) is 2.21. The van der Waals surface area contributed by atoms with Crippen LogP contribution in [-0.4, -0.2) is 75.9 Å². The lowest BCUT2D eigenvalue weighted by atomic mass is 9.95. The van der Waals surface area contributed by atoms with Gasteiger partial charge in [-0.2, -0.15) is 4.31 Å². The summed E-state index contributed by atoms with van der Waals surface area (Å²) in [6.07, 6.45) is 1.08. The minimum Gasteiger partial charge on any atom is -0.495 e. The summed E-state index contributed by atoms with van der Waals surface area (Å²) in [4.78, 5) is 27.4. The van der Waals surface area contributed by atoms with Gasteiger partial charge < -0.3 is 19.7 Å². The van der Waals surface area contributed by atoms with Gasteiger partial charge in [-0.15, -0.1) is 0 Å². The average Bonchev–Trinajstić information content (AvgIpc) is 2.89. The number of rotatable bonds is 6. The number of carbonyl (C=O) groups excluding carboxylic acids is 2. The molecule has 2 saturated heterocycles. The van der Waals surface area contributed by atoms with E-state index in [4.69, 9.17) is 9.47 Å². The number of amides is 2. The van der Waals surface area contributed by atoms with E-state index in [1.54, 1.807) is 11.0 Å². The van der Waals surface area contributed by atoms with Crippen LogP contribution in [-0.2, 0) is 19.6 Å². The molecule has 4 rings (SSSR count). The first-order chi connectivity index (χ1) is 16.4. The van der Waals surface area contributed by atoms with Crippen LogP contribution in [0.25, 0.3) is 0 Å². The second-order valence-corrected chi connectivity index (χ2v) is 10.2. The fraction of sp³-hybridized carbons (Fsp3) is 0.417. The number of anilines is 1. The van der Waals surface area contributed by atoms with E-state index < -0.39 is 10.0 Å². The van der Waals surface area contributed by atoms with Crippen molar-refractivity contribution in [1.29, 1.82) is 0 Å². The molecule has 2 aliphatic rings. The molecule has 9 nitrogen and oxygen atoms in total. The third kappa shape index (κ3) is 5.24. The lowest BCUT2D eigenvalue weighted by Crippen LogP contribution is -2.42. The molecule has 34 heavy (non-hydrogen) atoms. The summed E-state index contributed by atoms with van der Waals surface area (Å²) in [5.41, 5.74) is 1.03. The average molecular weight is 488 g/mol. The van der Waals surface area contributed by atoms with Crippen LogP contribution in [0.4, 0.5) is 5.69 Å². The summed E-state index contributed by atoms with van der Waals surface area (Å²) in [6, 6.07) is 13.8. The third-order valence-corrected chi connectivity index (χ3v) is 8.11. The zero-order valence-corrected chi connectivity index (χ0v) is 19.9. The van der Waals surface area contributed by atoms with Crippen molar-refractivity contribution in [3.8, 4) is 5.75 Å². The Morgan fingerprint density at radius 2 is 1.68 bits per heavy atom. The molecule has 2 aromatic rings. The second-order valence-electron chi connectivity index (χ2n) is 8.30. The minimum atomic E-state index is -3.84. The van der Waals surface area contributed by atoms with Crippen LogP contribution < -0.4 is 10.1 Å². The SMILES string of the molecule is COc1ccc(C(=O)N2CCC(C(=O)Nc3ccccc3)CC2)cc1S(=O)(=O)N1CCOCC1. The number of hydrogen-bond acceptors (Lipinski definition) is 6. The van der Waals surface area contributed by atoms with Gasteiger partial charge in [0.15, 0.2) is 0 Å². The molecule has 2 amide bonds. The molecule has 0 bridgehead atoms. The molecule has 0 saturated carbocycles. The van der Waals surface area contributed by atoms with Crippen molar-refractivity contribution in [3.63, 3.8) is 0 Å². The number of likely N-dealkylation sites (tertiary alicyclic amines) is 1. The fourth-order valence-electron chi connectivity index (χ4n) is 4.23. The van der Waals surface area contributed by atoms with Gasteiger partial charge in [-0.05, 0) is 43.2 Å². The van der Waals surface area contributed by atoms with Crippen molar-refractivity contribution < 1.29 is 27.5 Å². The zero-order chi connectivity index (χ0) is 24.1. The van der Waals surface area contributed by atoms with E-state index in [0.717, 1.165) is 5.69 Å². The number of nitrogens with zero attached hydrogens (tertiary/aromatic N) is 2. The highest BCUT2D eigenvalue weighted by Crippen LogP contribution is 2.29. The monoisotopic (exact) mass is 487 g/mol. The van der Waals surface area contributed by atoms with Gasteiger partial charge in [0.25, 0.3) is 5.91 Å². The number of ether oxygens (including phenoxy) is 2. The Morgan fingerprint density at radius 1 is 1.00 bits per heavy atom. The summed E-state index contributed by atoms with van der Waals surface area (Å²) in [7, 11) is -2.43. The Bertz CT molecular complexity index is 1120. The summed E-state index contributed by atoms with van der Waals surface area (Å²) in [6.45, 7) is 2.00. The smallest absolute Gasteiger partial charge is 0.253 e. The number of methoxy groups -OCH3 is 1. The lowest BCUT2D eigenvalue weighted by molar-refractivity contribution is -0.121. The lowest BCUT2D eigenvalue weighted by Gasteiger charge is -2.31. The number of carbonyl (C=O) groups is 2. The molecular weight excluding hydrogens is 458 g/mol. The van der Waals surface area contributed by atoms with E-state index in [1.807, 2.05) is 30.3 Å². The third-order valence-electron chi connectivity index (χ3n) is 6.19. The number of benzene rings is 2. The van der Waals surface area contributed by atoms with Crippen molar-refractivity contribution in [3.05, 3.63) is 54.1 Å². The van der Waals surface area contributed by atoms with Crippen LogP contribution in [0.5, 0.6) is 5.75 Å². The molecule has 2 aromatic carbocycles. The van der Waals surface area contributed by atoms with Gasteiger partial charge in [0.1, 0.15) is 10.6 Å². The van der Waals surface area contributed by atoms with Crippen molar-refractivity contribution in [2.75, 3.05) is 51.8 Å². The first-order valence-electron chi connectivity index (χ1n) is 11.3. The first-order valence-corrected chi connectivity index (χ1v) is 12.8. The molecule has 2 aliphatic heterocycles. The maximum absolute atomic E-state index is 13.2. The van der Waals surface area contributed by atoms with Gasteiger partial charge in [0, 0.05) is 43.3 Å². The van der Waals surface area contributed by atoms with E-state index >= 15 is 0 Å². The minimum absolute atomic E-state index is 0.0279. The van der Waals surface area contributed by atoms with Gasteiger partial charge in [0.05, 0.1) is 20.3 Å². The molecule has 2 heterocycles. The van der Waals surface area contributed by atoms with Crippen LogP contribution in [0.1, 0.15) is 23.2 Å². The first kappa shape index (κ1) is 24.2. The number of morpholine rings is 1. The Morgan fingerprint density at radius 3 is 2.32 bits per heavy atom. The van der Waals surface area contributed by atoms with E-state index in [-0.39, 0.29) is 47.0 Å². The van der Waals surface area contributed by atoms with Gasteiger partial charge >= 0.3 is 0 Å². The molecule has 1 N–H and O–H groups in total. The topological polar surface area (TPSA) is 105 Å². The molecule has 0 unspecified atom stereocenters. The fourth-order valence-corrected chi connectivity index (χ4v) is 5.82. The Hall–Kier alpha value is -2.95. The van der Waals surface area contributed by atoms with Crippen LogP contribution in [0.15, 0.2) is 53.4 Å². The number of nitrogens with one attached hydrogen (secondary N) is 1. The molecule has 0 atom stereocenters. The number of para-hydroxylation sites is 1. The summed E-state index contributed by atoms with van der Waals surface area (Å²) in [5.74, 6) is -0.304. The van der Waals surface area contributed by atoms with Gasteiger partial charge in [-0.25, -0.2) is 8.42 Å². The molecular formula is C24H29N3O6S. The van der Waals surface area contributed by atoms with Crippen molar-refractivity contribution in [2.24, 2.45) is 5.92 Å². The largest absolute Gasteiger partial charge is 0.495 e. The summed E-state index contributed by atoms with van der Waals surface area (Å²) >= 11 is 0. The molecule has 2 fully saturated rings. The Balaban J connectivity index is 1.44. The maximum atomic E-state index is 13.2. The molecule has 0 spiro atoms. The number of sulfonamides is 1. The molecule has 182 valence electrons. The highest BCUT2D eigenvalue weighted by molar-refractivity contribution is 7.89. The number of piperidine rings is 1. The van der Waals surface area contributed by atoms with Gasteiger partial charge in [-0.3, -0.25) is 9.59 Å². The summed E-state index contributed by atoms with van der Waals surface area (Å²) in [5, 5.41) is 2.92. The molecule has 0 radical (unpaired) electrons. The van der Waals surface area contributed by atoms with Crippen LogP contribution in [0.2, 0.25) is 0 Å². The van der Waals surface area contributed by atoms with Gasteiger partial charge in [0.2, 0.25) is 15.9 Å². The van der Waals surface area contributed by atoms with E-state index in [0.29, 0.717) is 39.1 Å². The van der Waals surface area contributed by atoms with E-state index in [2.05, 4.69) is 5.32 Å². The van der Waals surface area contributed by atoms with E-state index in [9.17, 15) is 18.0 Å². The van der Waals surface area contributed by atoms with Crippen LogP contribution in [0, 0.1) is 5.92 Å². The normalized spacial score (nSPS) is 17.9. The standard InChI is InChI=1S/C24H29N3O6S/c1-32-21-8-7-19(17-22(21)34(30,31)27-13-15-33-16-14-27)24(29)26-11-9-18(10-12-26)23(28)25-20-5-3-2-4-6-20/h2-8,17-18H,9-16H2,1H3,(H,25,28). The van der Waals surface area contributed by atoms with E-state index in [1.165, 1.54) is 23.5 Å². The predicted molar refractivity (Wildman–Crippen MR) is 126 cm³/mol.